The fraction of sp³-hybridized carbons (Fsp3) is 0. The van der Waals surface area contributed by atoms with Gasteiger partial charge >= 0.3 is 0 Å². The molecule has 0 aliphatic rings. The van der Waals surface area contributed by atoms with Gasteiger partial charge in [-0.05, 0) is 12.1 Å². The summed E-state index contributed by atoms with van der Waals surface area (Å²) >= 11 is 4.46. The van der Waals surface area contributed by atoms with Crippen LogP contribution in [0.3, 0.4) is 0 Å². The first kappa shape index (κ1) is 6.95. The van der Waals surface area contributed by atoms with Gasteiger partial charge in [-0.1, -0.05) is 6.07 Å². The Kier molecular flexibility index (Phi) is 1.82. The number of anilines is 2. The Morgan fingerprint density at radius 1 is 1.30 bits per heavy atom. The van der Waals surface area contributed by atoms with Crippen LogP contribution in [0, 0.1) is 0 Å². The third kappa shape index (κ3) is 1.06. The maximum Gasteiger partial charge on any atom is 0.102 e. The molecule has 0 heterocycles. The first-order chi connectivity index (χ1) is 4.75. The quantitative estimate of drug-likeness (QED) is 0.596. The van der Waals surface area contributed by atoms with E-state index in [-0.39, 0.29) is 0 Å². The number of hydrogen-bond donors (Lipinski definition) is 2. The lowest BCUT2D eigenvalue weighted by Gasteiger charge is -1.99. The monoisotopic (exact) mass is 153 g/mol. The third-order valence-corrected chi connectivity index (χ3v) is 1.41. The molecule has 3 nitrogen and oxygen atoms in total. The zero-order valence-corrected chi connectivity index (χ0v) is 6.06. The van der Waals surface area contributed by atoms with Crippen molar-refractivity contribution in [2.24, 2.45) is 4.36 Å². The van der Waals surface area contributed by atoms with Crippen molar-refractivity contribution in [1.29, 1.82) is 0 Å². The molecule has 0 radical (unpaired) electrons. The molecule has 52 valence electrons. The van der Waals surface area contributed by atoms with Crippen LogP contribution in [0.25, 0.3) is 0 Å². The van der Waals surface area contributed by atoms with Crippen molar-refractivity contribution in [3.63, 3.8) is 0 Å². The van der Waals surface area contributed by atoms with Crippen LogP contribution in [0.4, 0.5) is 17.1 Å². The molecule has 0 atom stereocenters. The van der Waals surface area contributed by atoms with E-state index in [1.54, 1.807) is 18.2 Å². The molecular formula is C6H7N3S. The number of nitrogens with zero attached hydrogens (tertiary/aromatic N) is 1. The van der Waals surface area contributed by atoms with Crippen LogP contribution in [0.15, 0.2) is 22.6 Å². The molecule has 0 fully saturated rings. The zero-order valence-electron chi connectivity index (χ0n) is 5.24. The molecule has 0 aromatic heterocycles. The second-order valence-electron chi connectivity index (χ2n) is 1.87. The number of nitrogens with two attached hydrogens (primary N) is 2. The van der Waals surface area contributed by atoms with Crippen LogP contribution in [0.2, 0.25) is 0 Å². The van der Waals surface area contributed by atoms with Gasteiger partial charge in [0.05, 0.1) is 11.4 Å². The summed E-state index contributed by atoms with van der Waals surface area (Å²) in [4.78, 5) is 0. The van der Waals surface area contributed by atoms with Gasteiger partial charge < -0.3 is 11.5 Å². The van der Waals surface area contributed by atoms with Gasteiger partial charge in [0, 0.05) is 12.4 Å². The van der Waals surface area contributed by atoms with Gasteiger partial charge in [-0.3, -0.25) is 0 Å². The fourth-order valence-electron chi connectivity index (χ4n) is 0.650. The number of hydrogen-bond acceptors (Lipinski definition) is 4. The lowest BCUT2D eigenvalue weighted by Crippen LogP contribution is -1.93. The molecule has 4 heteroatoms. The van der Waals surface area contributed by atoms with Gasteiger partial charge in [0.25, 0.3) is 0 Å². The largest absolute Gasteiger partial charge is 0.397 e. The van der Waals surface area contributed by atoms with E-state index in [2.05, 4.69) is 16.8 Å². The average Bonchev–Trinajstić information content (AvgIpc) is 1.95. The van der Waals surface area contributed by atoms with Gasteiger partial charge in [0.1, 0.15) is 5.69 Å². The Bertz CT molecular complexity index is 259. The highest BCUT2D eigenvalue weighted by atomic mass is 32.1. The van der Waals surface area contributed by atoms with Crippen molar-refractivity contribution in [3.8, 4) is 0 Å². The van der Waals surface area contributed by atoms with E-state index in [1.807, 2.05) is 0 Å². The highest BCUT2D eigenvalue weighted by Crippen LogP contribution is 2.26. The van der Waals surface area contributed by atoms with E-state index < -0.39 is 0 Å². The average molecular weight is 153 g/mol. The Morgan fingerprint density at radius 3 is 2.50 bits per heavy atom. The molecule has 0 amide bonds. The number of para-hydroxylation sites is 1. The second kappa shape index (κ2) is 2.62. The molecule has 4 N–H and O–H groups in total. The maximum absolute atomic E-state index is 5.51. The first-order valence-corrected chi connectivity index (χ1v) is 3.09. The van der Waals surface area contributed by atoms with E-state index in [4.69, 9.17) is 11.5 Å². The lowest BCUT2D eigenvalue weighted by atomic mass is 10.2. The molecule has 0 aliphatic carbocycles. The fourth-order valence-corrected chi connectivity index (χ4v) is 0.809. The summed E-state index contributed by atoms with van der Waals surface area (Å²) in [6, 6.07) is 5.19. The number of benzene rings is 1. The molecule has 0 spiro atoms. The van der Waals surface area contributed by atoms with Crippen molar-refractivity contribution in [1.82, 2.24) is 0 Å². The van der Waals surface area contributed by atoms with Gasteiger partial charge in [0.15, 0.2) is 0 Å². The van der Waals surface area contributed by atoms with E-state index in [9.17, 15) is 0 Å². The summed E-state index contributed by atoms with van der Waals surface area (Å²) in [6.45, 7) is 0. The van der Waals surface area contributed by atoms with Crippen molar-refractivity contribution < 1.29 is 0 Å². The second-order valence-corrected chi connectivity index (χ2v) is 2.05. The molecular weight excluding hydrogens is 146 g/mol. The van der Waals surface area contributed by atoms with Gasteiger partial charge in [0.2, 0.25) is 0 Å². The van der Waals surface area contributed by atoms with Crippen molar-refractivity contribution in [2.45, 2.75) is 0 Å². The minimum atomic E-state index is 0.456. The summed E-state index contributed by atoms with van der Waals surface area (Å²) in [5, 5.41) is 0. The predicted octanol–water partition coefficient (Wildman–Crippen LogP) is 1.21. The van der Waals surface area contributed by atoms with Crippen molar-refractivity contribution >= 4 is 29.5 Å². The summed E-state index contributed by atoms with van der Waals surface area (Å²) in [5.74, 6) is 0. The summed E-state index contributed by atoms with van der Waals surface area (Å²) in [6.07, 6.45) is 0. The van der Waals surface area contributed by atoms with Crippen LogP contribution in [0.1, 0.15) is 0 Å². The molecule has 1 rings (SSSR count). The van der Waals surface area contributed by atoms with E-state index in [0.29, 0.717) is 17.1 Å². The smallest absolute Gasteiger partial charge is 0.102 e. The topological polar surface area (TPSA) is 64.4 Å². The summed E-state index contributed by atoms with van der Waals surface area (Å²) in [5.41, 5.74) is 12.5. The first-order valence-electron chi connectivity index (χ1n) is 2.73. The number of nitrogen functional groups attached to an aromatic ring is 2. The molecule has 0 unspecified atom stereocenters. The molecule has 0 saturated heterocycles. The highest BCUT2D eigenvalue weighted by Gasteiger charge is 1.97. The minimum Gasteiger partial charge on any atom is -0.397 e. The predicted molar refractivity (Wildman–Crippen MR) is 44.7 cm³/mol. The van der Waals surface area contributed by atoms with Crippen LogP contribution in [-0.2, 0) is 12.4 Å². The zero-order chi connectivity index (χ0) is 7.56. The molecule has 0 aliphatic heterocycles. The number of rotatable bonds is 1. The van der Waals surface area contributed by atoms with Crippen molar-refractivity contribution in [2.75, 3.05) is 11.5 Å². The van der Waals surface area contributed by atoms with Crippen LogP contribution in [-0.4, -0.2) is 0 Å². The molecule has 1 aromatic rings. The molecule has 10 heavy (non-hydrogen) atoms. The van der Waals surface area contributed by atoms with Gasteiger partial charge in [-0.25, -0.2) is 0 Å². The van der Waals surface area contributed by atoms with E-state index in [0.717, 1.165) is 0 Å². The minimum absolute atomic E-state index is 0.456. The molecule has 1 aromatic carbocycles. The van der Waals surface area contributed by atoms with Gasteiger partial charge in [-0.15, -0.1) is 0 Å². The Labute approximate surface area is 64.2 Å². The Morgan fingerprint density at radius 2 is 2.00 bits per heavy atom. The molecule has 0 bridgehead atoms. The van der Waals surface area contributed by atoms with Gasteiger partial charge in [-0.2, -0.15) is 4.36 Å². The van der Waals surface area contributed by atoms with Crippen LogP contribution < -0.4 is 11.5 Å². The van der Waals surface area contributed by atoms with Crippen molar-refractivity contribution in [3.05, 3.63) is 18.2 Å². The lowest BCUT2D eigenvalue weighted by molar-refractivity contribution is 1.56. The SMILES string of the molecule is Nc1cccc(N=S)c1N. The Hall–Kier alpha value is -1.16. The third-order valence-electron chi connectivity index (χ3n) is 1.22. The Balaban J connectivity index is 3.27. The standard InChI is InChI=1S/C6H7N3S/c7-4-2-1-3-5(9-10)6(4)8/h1-3H,7-8H2. The maximum atomic E-state index is 5.51. The summed E-state index contributed by atoms with van der Waals surface area (Å²) in [7, 11) is 0. The van der Waals surface area contributed by atoms with Crippen LogP contribution >= 0.6 is 0 Å². The molecule has 0 saturated carbocycles. The normalized spacial score (nSPS) is 9.20. The van der Waals surface area contributed by atoms with E-state index in [1.165, 1.54) is 0 Å². The summed E-state index contributed by atoms with van der Waals surface area (Å²) < 4.78 is 3.51. The van der Waals surface area contributed by atoms with Crippen LogP contribution in [0.5, 0.6) is 0 Å². The highest BCUT2D eigenvalue weighted by molar-refractivity contribution is 7.47. The van der Waals surface area contributed by atoms with E-state index >= 15 is 0 Å².